The van der Waals surface area contributed by atoms with Gasteiger partial charge in [0.1, 0.15) is 32.5 Å². The summed E-state index contributed by atoms with van der Waals surface area (Å²) in [6, 6.07) is 0. The maximum atomic E-state index is 11.7. The van der Waals surface area contributed by atoms with Gasteiger partial charge in [0, 0.05) is 0 Å². The van der Waals surface area contributed by atoms with Gasteiger partial charge in [-0.15, -0.1) is 0 Å². The van der Waals surface area contributed by atoms with Gasteiger partial charge in [-0.2, -0.15) is 0 Å². The zero-order valence-corrected chi connectivity index (χ0v) is 15.6. The van der Waals surface area contributed by atoms with Gasteiger partial charge < -0.3 is 29.1 Å². The largest absolute Gasteiger partial charge is 0.444 e. The molecule has 0 aliphatic heterocycles. The molecule has 0 aliphatic carbocycles. The molecule has 2 amide bonds. The standard InChI is InChI=1S/C15H32N4O4/c1-8-13(16-14(20)22-11-9-18(2,3)4)17-15(21)23-12-10-19(5,6)7/h13H,8-12H2,1-7H3/p+2. The monoisotopic (exact) mass is 334 g/mol. The third-order valence-electron chi connectivity index (χ3n) is 2.98. The Hall–Kier alpha value is -1.54. The van der Waals surface area contributed by atoms with Gasteiger partial charge in [0.15, 0.2) is 0 Å². The molecular formula is C15H34N4O4+2. The quantitative estimate of drug-likeness (QED) is 0.478. The molecule has 0 aliphatic rings. The molecule has 0 fully saturated rings. The molecule has 0 aromatic heterocycles. The molecule has 0 spiro atoms. The van der Waals surface area contributed by atoms with Crippen LogP contribution in [-0.4, -0.2) is 95.9 Å². The highest BCUT2D eigenvalue weighted by Crippen LogP contribution is 1.94. The van der Waals surface area contributed by atoms with Crippen LogP contribution in [0.3, 0.4) is 0 Å². The molecule has 0 saturated heterocycles. The number of rotatable bonds is 9. The van der Waals surface area contributed by atoms with E-state index in [1.807, 2.05) is 49.2 Å². The second-order valence-electron chi connectivity index (χ2n) is 7.55. The van der Waals surface area contributed by atoms with E-state index in [1.54, 1.807) is 0 Å². The Morgan fingerprint density at radius 2 is 1.17 bits per heavy atom. The van der Waals surface area contributed by atoms with Crippen LogP contribution in [-0.2, 0) is 9.47 Å². The molecule has 0 unspecified atom stereocenters. The number of likely N-dealkylation sites (N-methyl/N-ethyl adjacent to an activating group) is 2. The summed E-state index contributed by atoms with van der Waals surface area (Å²) in [5.74, 6) is 0. The lowest BCUT2D eigenvalue weighted by Gasteiger charge is -2.24. The van der Waals surface area contributed by atoms with E-state index >= 15 is 0 Å². The smallest absolute Gasteiger partial charge is 0.408 e. The van der Waals surface area contributed by atoms with Crippen LogP contribution in [0.1, 0.15) is 13.3 Å². The Morgan fingerprint density at radius 1 is 0.826 bits per heavy atom. The molecule has 0 aromatic carbocycles. The molecular weight excluding hydrogens is 300 g/mol. The number of nitrogens with zero attached hydrogens (tertiary/aromatic N) is 2. The molecule has 0 rings (SSSR count). The second-order valence-corrected chi connectivity index (χ2v) is 7.55. The summed E-state index contributed by atoms with van der Waals surface area (Å²) in [7, 11) is 12.1. The van der Waals surface area contributed by atoms with Crippen molar-refractivity contribution in [2.45, 2.75) is 19.5 Å². The van der Waals surface area contributed by atoms with Gasteiger partial charge in [0.25, 0.3) is 0 Å². The van der Waals surface area contributed by atoms with Crippen molar-refractivity contribution in [3.63, 3.8) is 0 Å². The zero-order chi connectivity index (χ0) is 18.1. The minimum Gasteiger partial charge on any atom is -0.444 e. The summed E-state index contributed by atoms with van der Waals surface area (Å²) in [6.45, 7) is 3.91. The molecule has 23 heavy (non-hydrogen) atoms. The SMILES string of the molecule is CCC(NC(=O)OCC[N+](C)(C)C)NC(=O)OCC[N+](C)(C)C. The minimum atomic E-state index is -0.544. The molecule has 0 radical (unpaired) electrons. The molecule has 0 saturated carbocycles. The number of amides is 2. The summed E-state index contributed by atoms with van der Waals surface area (Å²) in [5, 5.41) is 5.21. The first-order valence-corrected chi connectivity index (χ1v) is 7.90. The van der Waals surface area contributed by atoms with Crippen LogP contribution < -0.4 is 10.6 Å². The molecule has 8 heteroatoms. The van der Waals surface area contributed by atoms with Crippen LogP contribution in [0.5, 0.6) is 0 Å². The normalized spacial score (nSPS) is 12.0. The predicted molar refractivity (Wildman–Crippen MR) is 88.8 cm³/mol. The van der Waals surface area contributed by atoms with Crippen molar-refractivity contribution in [1.82, 2.24) is 10.6 Å². The average Bonchev–Trinajstić information content (AvgIpc) is 2.34. The Bertz CT molecular complexity index is 341. The molecule has 0 aromatic rings. The van der Waals surface area contributed by atoms with Crippen LogP contribution in [0, 0.1) is 0 Å². The Balaban J connectivity index is 4.04. The van der Waals surface area contributed by atoms with Gasteiger partial charge in [-0.25, -0.2) is 9.59 Å². The first-order chi connectivity index (χ1) is 10.4. The highest BCUT2D eigenvalue weighted by Gasteiger charge is 2.16. The van der Waals surface area contributed by atoms with E-state index in [0.717, 1.165) is 0 Å². The van der Waals surface area contributed by atoms with Crippen molar-refractivity contribution in [1.29, 1.82) is 0 Å². The van der Waals surface area contributed by atoms with E-state index in [9.17, 15) is 9.59 Å². The lowest BCUT2D eigenvalue weighted by molar-refractivity contribution is -0.870. The fraction of sp³-hybridized carbons (Fsp3) is 0.867. The van der Waals surface area contributed by atoms with Gasteiger partial charge in [0.2, 0.25) is 0 Å². The second kappa shape index (κ2) is 9.57. The van der Waals surface area contributed by atoms with Crippen molar-refractivity contribution in [3.8, 4) is 0 Å². The van der Waals surface area contributed by atoms with Crippen molar-refractivity contribution < 1.29 is 28.0 Å². The highest BCUT2D eigenvalue weighted by molar-refractivity contribution is 5.70. The Kier molecular flexibility index (Phi) is 8.93. The Labute approximate surface area is 139 Å². The van der Waals surface area contributed by atoms with E-state index in [1.165, 1.54) is 0 Å². The fourth-order valence-corrected chi connectivity index (χ4v) is 1.43. The van der Waals surface area contributed by atoms with Gasteiger partial charge >= 0.3 is 12.2 Å². The molecule has 8 nitrogen and oxygen atoms in total. The Morgan fingerprint density at radius 3 is 1.43 bits per heavy atom. The topological polar surface area (TPSA) is 76.7 Å². The number of hydrogen-bond donors (Lipinski definition) is 2. The summed E-state index contributed by atoms with van der Waals surface area (Å²) in [5.41, 5.74) is 0. The first kappa shape index (κ1) is 21.5. The van der Waals surface area contributed by atoms with E-state index in [2.05, 4.69) is 10.6 Å². The summed E-state index contributed by atoms with van der Waals surface area (Å²) >= 11 is 0. The predicted octanol–water partition coefficient (Wildman–Crippen LogP) is 0.587. The van der Waals surface area contributed by atoms with Crippen LogP contribution in [0.4, 0.5) is 9.59 Å². The third-order valence-corrected chi connectivity index (χ3v) is 2.98. The van der Waals surface area contributed by atoms with E-state index < -0.39 is 18.4 Å². The van der Waals surface area contributed by atoms with E-state index in [-0.39, 0.29) is 0 Å². The molecule has 0 bridgehead atoms. The van der Waals surface area contributed by atoms with Gasteiger partial charge in [-0.1, -0.05) is 6.92 Å². The number of ether oxygens (including phenoxy) is 2. The highest BCUT2D eigenvalue weighted by atomic mass is 16.6. The number of carbonyl (C=O) groups is 2. The van der Waals surface area contributed by atoms with Gasteiger partial charge in [-0.3, -0.25) is 0 Å². The van der Waals surface area contributed by atoms with Crippen molar-refractivity contribution >= 4 is 12.2 Å². The summed E-state index contributed by atoms with van der Waals surface area (Å²) < 4.78 is 11.6. The van der Waals surface area contributed by atoms with Crippen LogP contribution >= 0.6 is 0 Å². The van der Waals surface area contributed by atoms with Crippen molar-refractivity contribution in [3.05, 3.63) is 0 Å². The minimum absolute atomic E-state index is 0.319. The average molecular weight is 334 g/mol. The zero-order valence-electron chi connectivity index (χ0n) is 15.6. The maximum absolute atomic E-state index is 11.7. The number of hydrogen-bond acceptors (Lipinski definition) is 4. The van der Waals surface area contributed by atoms with E-state index in [0.29, 0.717) is 41.7 Å². The fourth-order valence-electron chi connectivity index (χ4n) is 1.43. The number of quaternary nitrogens is 2. The van der Waals surface area contributed by atoms with Crippen molar-refractivity contribution in [2.24, 2.45) is 0 Å². The third kappa shape index (κ3) is 13.8. The molecule has 136 valence electrons. The van der Waals surface area contributed by atoms with Crippen LogP contribution in [0.15, 0.2) is 0 Å². The summed E-state index contributed by atoms with van der Waals surface area (Å²) in [4.78, 5) is 23.4. The van der Waals surface area contributed by atoms with E-state index in [4.69, 9.17) is 9.47 Å². The lowest BCUT2D eigenvalue weighted by Crippen LogP contribution is -2.49. The first-order valence-electron chi connectivity index (χ1n) is 7.90. The molecule has 2 N–H and O–H groups in total. The number of alkyl carbamates (subject to hydrolysis) is 2. The maximum Gasteiger partial charge on any atom is 0.408 e. The van der Waals surface area contributed by atoms with Crippen LogP contribution in [0.25, 0.3) is 0 Å². The lowest BCUT2D eigenvalue weighted by atomic mass is 10.4. The molecule has 0 heterocycles. The van der Waals surface area contributed by atoms with Crippen molar-refractivity contribution in [2.75, 3.05) is 68.6 Å². The van der Waals surface area contributed by atoms with Crippen LogP contribution in [0.2, 0.25) is 0 Å². The summed E-state index contributed by atoms with van der Waals surface area (Å²) in [6.07, 6.45) is -1.06. The number of nitrogens with one attached hydrogen (secondary N) is 2. The van der Waals surface area contributed by atoms with Gasteiger partial charge in [0.05, 0.1) is 42.3 Å². The van der Waals surface area contributed by atoms with Gasteiger partial charge in [-0.05, 0) is 6.42 Å². The number of carbonyl (C=O) groups excluding carboxylic acids is 2. The molecule has 0 atom stereocenters.